The van der Waals surface area contributed by atoms with Crippen molar-refractivity contribution in [1.82, 2.24) is 19.6 Å². The Kier molecular flexibility index (Phi) is 6.75. The van der Waals surface area contributed by atoms with Crippen LogP contribution in [0.25, 0.3) is 5.69 Å². The van der Waals surface area contributed by atoms with Gasteiger partial charge in [-0.1, -0.05) is 35.9 Å². The first kappa shape index (κ1) is 21.9. The molecule has 2 amide bonds. The van der Waals surface area contributed by atoms with Crippen LogP contribution in [-0.4, -0.2) is 64.7 Å². The monoisotopic (exact) mass is 452 g/mol. The molecule has 1 aromatic heterocycles. The van der Waals surface area contributed by atoms with E-state index in [1.807, 2.05) is 47.4 Å². The Morgan fingerprint density at radius 3 is 2.38 bits per heavy atom. The topological polar surface area (TPSA) is 67.7 Å². The molecule has 166 valence electrons. The molecule has 2 heterocycles. The summed E-state index contributed by atoms with van der Waals surface area (Å²) in [6, 6.07) is 15.1. The lowest BCUT2D eigenvalue weighted by atomic mass is 10.1. The highest BCUT2D eigenvalue weighted by Gasteiger charge is 2.25. The third-order valence-electron chi connectivity index (χ3n) is 5.63. The molecule has 0 N–H and O–H groups in total. The van der Waals surface area contributed by atoms with Gasteiger partial charge in [-0.2, -0.15) is 5.10 Å². The van der Waals surface area contributed by atoms with Crippen LogP contribution in [0.5, 0.6) is 5.75 Å². The molecule has 3 aromatic rings. The highest BCUT2D eigenvalue weighted by molar-refractivity contribution is 6.32. The average molecular weight is 453 g/mol. The number of hydrogen-bond acceptors (Lipinski definition) is 4. The van der Waals surface area contributed by atoms with Crippen molar-refractivity contribution in [3.05, 3.63) is 77.1 Å². The zero-order valence-corrected chi connectivity index (χ0v) is 18.7. The minimum absolute atomic E-state index is 0.0892. The van der Waals surface area contributed by atoms with Gasteiger partial charge in [0.15, 0.2) is 0 Å². The Morgan fingerprint density at radius 1 is 1.00 bits per heavy atom. The number of halogens is 1. The molecule has 0 atom stereocenters. The molecule has 1 aliphatic rings. The molecule has 0 bridgehead atoms. The molecule has 0 spiro atoms. The van der Waals surface area contributed by atoms with Gasteiger partial charge < -0.3 is 14.5 Å². The van der Waals surface area contributed by atoms with Gasteiger partial charge in [0.25, 0.3) is 5.91 Å². The molecule has 8 heteroatoms. The standard InChI is InChI=1S/C24H25ClN4O3/c1-32-20-9-6-18(7-10-20)8-11-23(30)27-12-14-28(15-13-27)24(31)19-16-26-29(17-19)22-5-3-2-4-21(22)25/h2-7,9-10,16-17H,8,11-15H2,1H3. The van der Waals surface area contributed by atoms with E-state index in [0.29, 0.717) is 49.6 Å². The summed E-state index contributed by atoms with van der Waals surface area (Å²) in [5, 5.41) is 4.85. The van der Waals surface area contributed by atoms with Gasteiger partial charge in [0.05, 0.1) is 29.6 Å². The van der Waals surface area contributed by atoms with Crippen molar-refractivity contribution < 1.29 is 14.3 Å². The summed E-state index contributed by atoms with van der Waals surface area (Å²) in [4.78, 5) is 29.1. The molecule has 1 fully saturated rings. The number of rotatable bonds is 6. The second kappa shape index (κ2) is 9.87. The number of aromatic nitrogens is 2. The highest BCUT2D eigenvalue weighted by atomic mass is 35.5. The van der Waals surface area contributed by atoms with Crippen molar-refractivity contribution in [2.75, 3.05) is 33.3 Å². The zero-order chi connectivity index (χ0) is 22.5. The van der Waals surface area contributed by atoms with Crippen molar-refractivity contribution in [1.29, 1.82) is 0 Å². The Bertz CT molecular complexity index is 1090. The first-order valence-corrected chi connectivity index (χ1v) is 10.9. The number of amides is 2. The minimum Gasteiger partial charge on any atom is -0.497 e. The largest absolute Gasteiger partial charge is 0.497 e. The fourth-order valence-electron chi connectivity index (χ4n) is 3.75. The summed E-state index contributed by atoms with van der Waals surface area (Å²) in [6.45, 7) is 2.08. The van der Waals surface area contributed by atoms with E-state index in [1.165, 1.54) is 0 Å². The zero-order valence-electron chi connectivity index (χ0n) is 17.9. The average Bonchev–Trinajstić information content (AvgIpc) is 3.33. The van der Waals surface area contributed by atoms with Gasteiger partial charge >= 0.3 is 0 Å². The summed E-state index contributed by atoms with van der Waals surface area (Å²) >= 11 is 6.22. The van der Waals surface area contributed by atoms with Crippen LogP contribution >= 0.6 is 11.6 Å². The predicted octanol–water partition coefficient (Wildman–Crippen LogP) is 3.45. The van der Waals surface area contributed by atoms with E-state index >= 15 is 0 Å². The molecule has 2 aromatic carbocycles. The van der Waals surface area contributed by atoms with E-state index < -0.39 is 0 Å². The Hall–Kier alpha value is -3.32. The van der Waals surface area contributed by atoms with Gasteiger partial charge in [-0.25, -0.2) is 4.68 Å². The van der Waals surface area contributed by atoms with Crippen molar-refractivity contribution in [2.45, 2.75) is 12.8 Å². The number of aryl methyl sites for hydroxylation is 1. The van der Waals surface area contributed by atoms with Gasteiger partial charge in [-0.15, -0.1) is 0 Å². The molecule has 4 rings (SSSR count). The summed E-state index contributed by atoms with van der Waals surface area (Å²) < 4.78 is 6.77. The number of benzene rings is 2. The van der Waals surface area contributed by atoms with Gasteiger partial charge in [0, 0.05) is 38.8 Å². The second-order valence-corrected chi connectivity index (χ2v) is 8.05. The number of ether oxygens (including phenoxy) is 1. The van der Waals surface area contributed by atoms with Gasteiger partial charge in [0.2, 0.25) is 5.91 Å². The van der Waals surface area contributed by atoms with E-state index in [2.05, 4.69) is 5.10 Å². The van der Waals surface area contributed by atoms with Gasteiger partial charge in [0.1, 0.15) is 5.75 Å². The van der Waals surface area contributed by atoms with Crippen LogP contribution in [-0.2, 0) is 11.2 Å². The number of nitrogens with zero attached hydrogens (tertiary/aromatic N) is 4. The molecular formula is C24H25ClN4O3. The Morgan fingerprint density at radius 2 is 1.69 bits per heavy atom. The molecular weight excluding hydrogens is 428 g/mol. The van der Waals surface area contributed by atoms with Crippen LogP contribution in [0.15, 0.2) is 60.9 Å². The number of piperazine rings is 1. The molecule has 0 saturated carbocycles. The molecule has 0 radical (unpaired) electrons. The predicted molar refractivity (Wildman–Crippen MR) is 122 cm³/mol. The third-order valence-corrected chi connectivity index (χ3v) is 5.95. The van der Waals surface area contributed by atoms with Gasteiger partial charge in [-0.3, -0.25) is 9.59 Å². The molecule has 1 saturated heterocycles. The molecule has 7 nitrogen and oxygen atoms in total. The quantitative estimate of drug-likeness (QED) is 0.574. The molecule has 0 aliphatic carbocycles. The SMILES string of the molecule is COc1ccc(CCC(=O)N2CCN(C(=O)c3cnn(-c4ccccc4Cl)c3)CC2)cc1. The molecule has 0 unspecified atom stereocenters. The Labute approximate surface area is 192 Å². The Balaban J connectivity index is 1.29. The van der Waals surface area contributed by atoms with Crippen LogP contribution in [0.2, 0.25) is 5.02 Å². The first-order chi connectivity index (χ1) is 15.5. The maximum absolute atomic E-state index is 12.9. The number of hydrogen-bond donors (Lipinski definition) is 0. The number of methoxy groups -OCH3 is 1. The van der Waals surface area contributed by atoms with E-state index in [1.54, 1.807) is 35.2 Å². The first-order valence-electron chi connectivity index (χ1n) is 10.5. The summed E-state index contributed by atoms with van der Waals surface area (Å²) in [7, 11) is 1.63. The maximum atomic E-state index is 12.9. The van der Waals surface area contributed by atoms with E-state index in [0.717, 1.165) is 17.0 Å². The van der Waals surface area contributed by atoms with Crippen molar-refractivity contribution in [3.8, 4) is 11.4 Å². The third kappa shape index (κ3) is 4.94. The number of para-hydroxylation sites is 1. The summed E-state index contributed by atoms with van der Waals surface area (Å²) in [6.07, 6.45) is 4.38. The maximum Gasteiger partial charge on any atom is 0.257 e. The molecule has 1 aliphatic heterocycles. The fraction of sp³-hybridized carbons (Fsp3) is 0.292. The van der Waals surface area contributed by atoms with Crippen LogP contribution in [0.1, 0.15) is 22.3 Å². The van der Waals surface area contributed by atoms with Crippen LogP contribution < -0.4 is 4.74 Å². The lowest BCUT2D eigenvalue weighted by molar-refractivity contribution is -0.132. The normalized spacial score (nSPS) is 13.8. The smallest absolute Gasteiger partial charge is 0.257 e. The van der Waals surface area contributed by atoms with Crippen LogP contribution in [0.4, 0.5) is 0 Å². The van der Waals surface area contributed by atoms with E-state index in [9.17, 15) is 9.59 Å². The van der Waals surface area contributed by atoms with Crippen LogP contribution in [0, 0.1) is 0 Å². The van der Waals surface area contributed by atoms with Crippen LogP contribution in [0.3, 0.4) is 0 Å². The summed E-state index contributed by atoms with van der Waals surface area (Å²) in [5.41, 5.74) is 2.33. The lowest BCUT2D eigenvalue weighted by Gasteiger charge is -2.34. The van der Waals surface area contributed by atoms with E-state index in [4.69, 9.17) is 16.3 Å². The number of carbonyl (C=O) groups excluding carboxylic acids is 2. The minimum atomic E-state index is -0.0892. The van der Waals surface area contributed by atoms with Crippen molar-refractivity contribution in [2.24, 2.45) is 0 Å². The highest BCUT2D eigenvalue weighted by Crippen LogP contribution is 2.20. The number of carbonyl (C=O) groups is 2. The van der Waals surface area contributed by atoms with E-state index in [-0.39, 0.29) is 11.8 Å². The lowest BCUT2D eigenvalue weighted by Crippen LogP contribution is -2.50. The second-order valence-electron chi connectivity index (χ2n) is 7.65. The van der Waals surface area contributed by atoms with Crippen molar-refractivity contribution >= 4 is 23.4 Å². The van der Waals surface area contributed by atoms with Crippen molar-refractivity contribution in [3.63, 3.8) is 0 Å². The summed E-state index contributed by atoms with van der Waals surface area (Å²) in [5.74, 6) is 0.825. The molecule has 32 heavy (non-hydrogen) atoms. The fourth-order valence-corrected chi connectivity index (χ4v) is 3.97. The van der Waals surface area contributed by atoms with Gasteiger partial charge in [-0.05, 0) is 36.2 Å².